The van der Waals surface area contributed by atoms with Crippen molar-refractivity contribution in [2.75, 3.05) is 23.3 Å². The number of phenolic OH excluding ortho intramolecular Hbond substituents is 1. The number of carbonyl (C=O) groups excluding carboxylic acids is 1. The van der Waals surface area contributed by atoms with Crippen LogP contribution in [0.5, 0.6) is 5.75 Å². The van der Waals surface area contributed by atoms with Crippen LogP contribution in [-0.2, 0) is 0 Å². The van der Waals surface area contributed by atoms with Crippen LogP contribution >= 0.6 is 0 Å². The molecule has 0 bridgehead atoms. The standard InChI is InChI=1S/C16H17N3O2/c20-13-6-3-5-12(11-13)18-16(21)14-7-4-8-17-15(14)19-9-1-2-10-19/h3-8,11,20H,1-2,9-10H2,(H,18,21). The lowest BCUT2D eigenvalue weighted by Gasteiger charge is -2.19. The summed E-state index contributed by atoms with van der Waals surface area (Å²) in [6.45, 7) is 1.87. The molecule has 1 amide bonds. The number of phenols is 1. The number of hydrogen-bond donors (Lipinski definition) is 2. The zero-order chi connectivity index (χ0) is 14.7. The van der Waals surface area contributed by atoms with E-state index in [0.29, 0.717) is 11.3 Å². The molecule has 1 aromatic heterocycles. The highest BCUT2D eigenvalue weighted by Crippen LogP contribution is 2.23. The summed E-state index contributed by atoms with van der Waals surface area (Å²) in [5, 5.41) is 12.2. The van der Waals surface area contributed by atoms with Crippen molar-refractivity contribution in [3.63, 3.8) is 0 Å². The lowest BCUT2D eigenvalue weighted by atomic mass is 10.2. The van der Waals surface area contributed by atoms with Gasteiger partial charge in [-0.2, -0.15) is 0 Å². The van der Waals surface area contributed by atoms with Gasteiger partial charge in [0.25, 0.3) is 5.91 Å². The summed E-state index contributed by atoms with van der Waals surface area (Å²) in [6.07, 6.45) is 3.97. The lowest BCUT2D eigenvalue weighted by molar-refractivity contribution is 0.102. The molecule has 2 heterocycles. The molecule has 5 heteroatoms. The second-order valence-corrected chi connectivity index (χ2v) is 5.07. The summed E-state index contributed by atoms with van der Waals surface area (Å²) in [7, 11) is 0. The Hall–Kier alpha value is -2.56. The SMILES string of the molecule is O=C(Nc1cccc(O)c1)c1cccnc1N1CCCC1. The van der Waals surface area contributed by atoms with E-state index in [0.717, 1.165) is 31.7 Å². The minimum absolute atomic E-state index is 0.124. The summed E-state index contributed by atoms with van der Waals surface area (Å²) in [5.41, 5.74) is 1.12. The van der Waals surface area contributed by atoms with Crippen molar-refractivity contribution in [3.8, 4) is 5.75 Å². The number of anilines is 2. The van der Waals surface area contributed by atoms with Crippen LogP contribution in [0.25, 0.3) is 0 Å². The van der Waals surface area contributed by atoms with Crippen LogP contribution in [0.4, 0.5) is 11.5 Å². The predicted molar refractivity (Wildman–Crippen MR) is 81.7 cm³/mol. The first-order valence-corrected chi connectivity index (χ1v) is 7.04. The molecule has 1 aliphatic heterocycles. The fourth-order valence-electron chi connectivity index (χ4n) is 2.54. The third kappa shape index (κ3) is 2.97. The average Bonchev–Trinajstić information content (AvgIpc) is 3.01. The fraction of sp³-hybridized carbons (Fsp3) is 0.250. The highest BCUT2D eigenvalue weighted by molar-refractivity contribution is 6.07. The molecular formula is C16H17N3O2. The lowest BCUT2D eigenvalue weighted by Crippen LogP contribution is -2.24. The second-order valence-electron chi connectivity index (χ2n) is 5.07. The van der Waals surface area contributed by atoms with Gasteiger partial charge in [-0.3, -0.25) is 4.79 Å². The Morgan fingerprint density at radius 1 is 1.19 bits per heavy atom. The fourth-order valence-corrected chi connectivity index (χ4v) is 2.54. The summed E-state index contributed by atoms with van der Waals surface area (Å²) in [6, 6.07) is 10.0. The smallest absolute Gasteiger partial charge is 0.259 e. The molecule has 1 aromatic carbocycles. The molecule has 0 unspecified atom stereocenters. The number of rotatable bonds is 3. The Balaban J connectivity index is 1.84. The van der Waals surface area contributed by atoms with Gasteiger partial charge in [0.15, 0.2) is 0 Å². The van der Waals surface area contributed by atoms with Gasteiger partial charge in [0.2, 0.25) is 0 Å². The van der Waals surface area contributed by atoms with Gasteiger partial charge in [0.05, 0.1) is 5.56 Å². The molecule has 21 heavy (non-hydrogen) atoms. The summed E-state index contributed by atoms with van der Waals surface area (Å²) < 4.78 is 0. The van der Waals surface area contributed by atoms with E-state index >= 15 is 0 Å². The zero-order valence-corrected chi connectivity index (χ0v) is 11.6. The summed E-state index contributed by atoms with van der Waals surface area (Å²) in [5.74, 6) is 0.641. The molecule has 3 rings (SSSR count). The number of aromatic nitrogens is 1. The molecule has 0 saturated carbocycles. The minimum atomic E-state index is -0.212. The number of amides is 1. The van der Waals surface area contributed by atoms with Crippen LogP contribution < -0.4 is 10.2 Å². The van der Waals surface area contributed by atoms with Gasteiger partial charge in [-0.25, -0.2) is 4.98 Å². The Labute approximate surface area is 123 Å². The first-order chi connectivity index (χ1) is 10.2. The van der Waals surface area contributed by atoms with E-state index in [9.17, 15) is 9.90 Å². The molecule has 0 spiro atoms. The summed E-state index contributed by atoms with van der Waals surface area (Å²) in [4.78, 5) is 18.9. The largest absolute Gasteiger partial charge is 0.508 e. The molecule has 0 radical (unpaired) electrons. The van der Waals surface area contributed by atoms with E-state index in [1.54, 1.807) is 36.5 Å². The van der Waals surface area contributed by atoms with Crippen molar-refractivity contribution >= 4 is 17.4 Å². The van der Waals surface area contributed by atoms with E-state index in [1.165, 1.54) is 6.07 Å². The topological polar surface area (TPSA) is 65.5 Å². The van der Waals surface area contributed by atoms with Crippen LogP contribution in [0, 0.1) is 0 Å². The highest BCUT2D eigenvalue weighted by Gasteiger charge is 2.20. The normalized spacial score (nSPS) is 14.2. The Bertz CT molecular complexity index is 651. The van der Waals surface area contributed by atoms with Crippen molar-refractivity contribution in [2.24, 2.45) is 0 Å². The molecule has 2 N–H and O–H groups in total. The van der Waals surface area contributed by atoms with Crippen molar-refractivity contribution in [1.29, 1.82) is 0 Å². The van der Waals surface area contributed by atoms with Gasteiger partial charge in [-0.05, 0) is 37.1 Å². The molecule has 2 aromatic rings. The van der Waals surface area contributed by atoms with Crippen LogP contribution in [0.2, 0.25) is 0 Å². The maximum atomic E-state index is 12.4. The number of pyridine rings is 1. The molecule has 108 valence electrons. The first kappa shape index (κ1) is 13.4. The van der Waals surface area contributed by atoms with Crippen LogP contribution in [-0.4, -0.2) is 29.1 Å². The van der Waals surface area contributed by atoms with Crippen molar-refractivity contribution in [2.45, 2.75) is 12.8 Å². The summed E-state index contributed by atoms with van der Waals surface area (Å²) >= 11 is 0. The third-order valence-corrected chi connectivity index (χ3v) is 3.54. The Morgan fingerprint density at radius 2 is 2.00 bits per heavy atom. The monoisotopic (exact) mass is 283 g/mol. The van der Waals surface area contributed by atoms with E-state index in [-0.39, 0.29) is 11.7 Å². The predicted octanol–water partition coefficient (Wildman–Crippen LogP) is 2.64. The quantitative estimate of drug-likeness (QED) is 0.909. The van der Waals surface area contributed by atoms with E-state index in [1.807, 2.05) is 0 Å². The molecule has 0 atom stereocenters. The van der Waals surface area contributed by atoms with Crippen LogP contribution in [0.3, 0.4) is 0 Å². The molecule has 1 aliphatic rings. The maximum absolute atomic E-state index is 12.4. The number of nitrogens with zero attached hydrogens (tertiary/aromatic N) is 2. The van der Waals surface area contributed by atoms with Crippen molar-refractivity contribution in [1.82, 2.24) is 4.98 Å². The van der Waals surface area contributed by atoms with Gasteiger partial charge in [-0.1, -0.05) is 6.07 Å². The number of nitrogens with one attached hydrogen (secondary N) is 1. The third-order valence-electron chi connectivity index (χ3n) is 3.54. The van der Waals surface area contributed by atoms with Gasteiger partial charge in [0, 0.05) is 31.0 Å². The average molecular weight is 283 g/mol. The molecular weight excluding hydrogens is 266 g/mol. The van der Waals surface area contributed by atoms with Crippen molar-refractivity contribution in [3.05, 3.63) is 48.2 Å². The number of carbonyl (C=O) groups is 1. The highest BCUT2D eigenvalue weighted by atomic mass is 16.3. The molecule has 1 fully saturated rings. The number of aromatic hydroxyl groups is 1. The molecule has 1 saturated heterocycles. The number of hydrogen-bond acceptors (Lipinski definition) is 4. The van der Waals surface area contributed by atoms with Gasteiger partial charge in [-0.15, -0.1) is 0 Å². The van der Waals surface area contributed by atoms with Gasteiger partial charge < -0.3 is 15.3 Å². The van der Waals surface area contributed by atoms with E-state index < -0.39 is 0 Å². The first-order valence-electron chi connectivity index (χ1n) is 7.04. The molecule has 5 nitrogen and oxygen atoms in total. The van der Waals surface area contributed by atoms with E-state index in [4.69, 9.17) is 0 Å². The Morgan fingerprint density at radius 3 is 2.76 bits per heavy atom. The zero-order valence-electron chi connectivity index (χ0n) is 11.6. The van der Waals surface area contributed by atoms with Crippen LogP contribution in [0.15, 0.2) is 42.6 Å². The van der Waals surface area contributed by atoms with Gasteiger partial charge in [0.1, 0.15) is 11.6 Å². The Kier molecular flexibility index (Phi) is 3.73. The van der Waals surface area contributed by atoms with Crippen LogP contribution in [0.1, 0.15) is 23.2 Å². The van der Waals surface area contributed by atoms with Crippen molar-refractivity contribution < 1.29 is 9.90 Å². The minimum Gasteiger partial charge on any atom is -0.508 e. The maximum Gasteiger partial charge on any atom is 0.259 e. The van der Waals surface area contributed by atoms with E-state index in [2.05, 4.69) is 15.2 Å². The number of benzene rings is 1. The van der Waals surface area contributed by atoms with Gasteiger partial charge >= 0.3 is 0 Å². The second kappa shape index (κ2) is 5.83. The molecule has 0 aliphatic carbocycles.